The molecule has 0 amide bonds. The minimum atomic E-state index is -4.31. The van der Waals surface area contributed by atoms with Crippen molar-refractivity contribution in [2.45, 2.75) is 19.2 Å². The van der Waals surface area contributed by atoms with E-state index in [2.05, 4.69) is 0 Å². The fourth-order valence-electron chi connectivity index (χ4n) is 1.99. The number of likely N-dealkylation sites (N-methyl/N-ethyl adjacent to an activating group) is 1. The zero-order chi connectivity index (χ0) is 16.9. The predicted molar refractivity (Wildman–Crippen MR) is 84.4 cm³/mol. The average molecular weight is 344 g/mol. The van der Waals surface area contributed by atoms with Crippen molar-refractivity contribution in [2.24, 2.45) is 0 Å². The summed E-state index contributed by atoms with van der Waals surface area (Å²) in [7, 11) is 1.79. The van der Waals surface area contributed by atoms with E-state index in [1.54, 1.807) is 11.5 Å². The van der Waals surface area contributed by atoms with Gasteiger partial charge in [0.15, 0.2) is 0 Å². The van der Waals surface area contributed by atoms with Crippen LogP contribution in [0.15, 0.2) is 48.5 Å². The van der Waals surface area contributed by atoms with Gasteiger partial charge in [-0.15, -0.1) is 0 Å². The molecule has 0 unspecified atom stereocenters. The van der Waals surface area contributed by atoms with Gasteiger partial charge >= 0.3 is 6.18 Å². The lowest BCUT2D eigenvalue weighted by atomic mass is 10.1. The Morgan fingerprint density at radius 3 is 2.04 bits per heavy atom. The Bertz CT molecular complexity index is 609. The van der Waals surface area contributed by atoms with Crippen LogP contribution >= 0.6 is 11.8 Å². The highest BCUT2D eigenvalue weighted by atomic mass is 35.5. The van der Waals surface area contributed by atoms with Crippen LogP contribution in [0.4, 0.5) is 13.2 Å². The normalized spacial score (nSPS) is 11.7. The minimum Gasteiger partial charge on any atom is -0.489 e. The molecular weight excluding hydrogens is 327 g/mol. The van der Waals surface area contributed by atoms with E-state index in [1.807, 2.05) is 24.3 Å². The van der Waals surface area contributed by atoms with Crippen molar-refractivity contribution in [3.63, 3.8) is 0 Å². The SMILES string of the molecule is CN(Cl)CCc1ccc(OCc2ccc(C(F)(F)F)cc2)cc1. The van der Waals surface area contributed by atoms with Gasteiger partial charge in [0, 0.05) is 13.6 Å². The second kappa shape index (κ2) is 7.70. The Balaban J connectivity index is 1.88. The van der Waals surface area contributed by atoms with Crippen molar-refractivity contribution in [1.82, 2.24) is 4.42 Å². The highest BCUT2D eigenvalue weighted by Gasteiger charge is 2.29. The highest BCUT2D eigenvalue weighted by molar-refractivity contribution is 6.13. The second-order valence-electron chi connectivity index (χ2n) is 5.21. The Morgan fingerprint density at radius 2 is 1.52 bits per heavy atom. The van der Waals surface area contributed by atoms with Gasteiger partial charge in [-0.05, 0) is 53.6 Å². The molecule has 0 saturated heterocycles. The van der Waals surface area contributed by atoms with E-state index in [9.17, 15) is 13.2 Å². The molecule has 0 bridgehead atoms. The monoisotopic (exact) mass is 343 g/mol. The molecule has 0 aliphatic heterocycles. The van der Waals surface area contributed by atoms with Crippen molar-refractivity contribution in [3.05, 3.63) is 65.2 Å². The van der Waals surface area contributed by atoms with E-state index >= 15 is 0 Å². The Morgan fingerprint density at radius 1 is 0.957 bits per heavy atom. The van der Waals surface area contributed by atoms with E-state index in [0.29, 0.717) is 11.3 Å². The van der Waals surface area contributed by atoms with E-state index in [1.165, 1.54) is 12.1 Å². The van der Waals surface area contributed by atoms with Crippen molar-refractivity contribution in [2.75, 3.05) is 13.6 Å². The molecule has 6 heteroatoms. The largest absolute Gasteiger partial charge is 0.489 e. The number of hydrogen-bond acceptors (Lipinski definition) is 2. The van der Waals surface area contributed by atoms with Crippen LogP contribution in [-0.4, -0.2) is 18.0 Å². The molecule has 124 valence electrons. The standard InChI is InChI=1S/C17H17ClF3NO/c1-22(18)11-10-13-4-8-16(9-5-13)23-12-14-2-6-15(7-3-14)17(19,20)21/h2-9H,10-12H2,1H3. The number of rotatable bonds is 6. The zero-order valence-electron chi connectivity index (χ0n) is 12.6. The summed E-state index contributed by atoms with van der Waals surface area (Å²) in [5.41, 5.74) is 1.17. The molecule has 0 aromatic heterocycles. The molecule has 2 nitrogen and oxygen atoms in total. The Labute approximate surface area is 138 Å². The van der Waals surface area contributed by atoms with Crippen LogP contribution in [0, 0.1) is 0 Å². The first-order valence-corrected chi connectivity index (χ1v) is 7.43. The van der Waals surface area contributed by atoms with Gasteiger partial charge in [-0.2, -0.15) is 13.2 Å². The molecule has 0 radical (unpaired) electrons. The molecule has 2 aromatic rings. The number of hydrogen-bond donors (Lipinski definition) is 0. The van der Waals surface area contributed by atoms with Crippen LogP contribution < -0.4 is 4.74 Å². The lowest BCUT2D eigenvalue weighted by molar-refractivity contribution is -0.137. The lowest BCUT2D eigenvalue weighted by Crippen LogP contribution is -2.09. The van der Waals surface area contributed by atoms with Gasteiger partial charge in [-0.1, -0.05) is 24.3 Å². The van der Waals surface area contributed by atoms with Gasteiger partial charge < -0.3 is 4.74 Å². The first-order chi connectivity index (χ1) is 10.8. The molecular formula is C17H17ClF3NO. The van der Waals surface area contributed by atoms with Gasteiger partial charge in [-0.25, -0.2) is 4.42 Å². The third kappa shape index (κ3) is 5.77. The number of nitrogens with zero attached hydrogens (tertiary/aromatic N) is 1. The number of halogens is 4. The molecule has 2 aromatic carbocycles. The number of ether oxygens (including phenoxy) is 1. The summed E-state index contributed by atoms with van der Waals surface area (Å²) in [6.45, 7) is 0.967. The van der Waals surface area contributed by atoms with Gasteiger partial charge in [0.2, 0.25) is 0 Å². The second-order valence-corrected chi connectivity index (χ2v) is 5.78. The lowest BCUT2D eigenvalue weighted by Gasteiger charge is -2.10. The van der Waals surface area contributed by atoms with Crippen molar-refractivity contribution in [1.29, 1.82) is 0 Å². The first-order valence-electron chi connectivity index (χ1n) is 7.09. The van der Waals surface area contributed by atoms with E-state index in [-0.39, 0.29) is 6.61 Å². The maximum Gasteiger partial charge on any atom is 0.416 e. The first kappa shape index (κ1) is 17.6. The smallest absolute Gasteiger partial charge is 0.416 e. The number of alkyl halides is 3. The predicted octanol–water partition coefficient (Wildman–Crippen LogP) is 4.91. The molecule has 2 rings (SSSR count). The van der Waals surface area contributed by atoms with Crippen LogP contribution in [0.25, 0.3) is 0 Å². The average Bonchev–Trinajstić information content (AvgIpc) is 2.51. The van der Waals surface area contributed by atoms with Gasteiger partial charge in [0.1, 0.15) is 12.4 Å². The summed E-state index contributed by atoms with van der Waals surface area (Å²) in [6, 6.07) is 12.5. The molecule has 0 aliphatic rings. The summed E-state index contributed by atoms with van der Waals surface area (Å²) in [5.74, 6) is 0.674. The summed E-state index contributed by atoms with van der Waals surface area (Å²) in [6.07, 6.45) is -3.48. The van der Waals surface area contributed by atoms with Crippen LogP contribution in [0.3, 0.4) is 0 Å². The molecule has 23 heavy (non-hydrogen) atoms. The van der Waals surface area contributed by atoms with Crippen LogP contribution in [0.2, 0.25) is 0 Å². The van der Waals surface area contributed by atoms with Crippen molar-refractivity contribution >= 4 is 11.8 Å². The zero-order valence-corrected chi connectivity index (χ0v) is 13.4. The third-order valence-corrected chi connectivity index (χ3v) is 3.49. The maximum absolute atomic E-state index is 12.5. The quantitative estimate of drug-likeness (QED) is 0.691. The molecule has 0 aliphatic carbocycles. The maximum atomic E-state index is 12.5. The van der Waals surface area contributed by atoms with Gasteiger partial charge in [0.05, 0.1) is 5.56 Å². The topological polar surface area (TPSA) is 12.5 Å². The summed E-state index contributed by atoms with van der Waals surface area (Å²) >= 11 is 5.75. The number of benzene rings is 2. The van der Waals surface area contributed by atoms with Crippen LogP contribution in [0.1, 0.15) is 16.7 Å². The fraction of sp³-hybridized carbons (Fsp3) is 0.294. The molecule has 0 heterocycles. The molecule has 0 saturated carbocycles. The highest BCUT2D eigenvalue weighted by Crippen LogP contribution is 2.29. The summed E-state index contributed by atoms with van der Waals surface area (Å²) in [4.78, 5) is 0. The van der Waals surface area contributed by atoms with E-state index in [0.717, 1.165) is 30.7 Å². The fourth-order valence-corrected chi connectivity index (χ4v) is 2.08. The molecule has 0 spiro atoms. The Hall–Kier alpha value is -1.72. The molecule has 0 fully saturated rings. The van der Waals surface area contributed by atoms with Crippen LogP contribution in [0.5, 0.6) is 5.75 Å². The summed E-state index contributed by atoms with van der Waals surface area (Å²) < 4.78 is 44.6. The van der Waals surface area contributed by atoms with Crippen molar-refractivity contribution < 1.29 is 17.9 Å². The Kier molecular flexibility index (Phi) is 5.91. The minimum absolute atomic E-state index is 0.224. The summed E-state index contributed by atoms with van der Waals surface area (Å²) in [5, 5.41) is 0. The molecule has 0 atom stereocenters. The molecule has 0 N–H and O–H groups in total. The van der Waals surface area contributed by atoms with E-state index < -0.39 is 11.7 Å². The van der Waals surface area contributed by atoms with Gasteiger partial charge in [0.25, 0.3) is 0 Å². The third-order valence-electron chi connectivity index (χ3n) is 3.32. The van der Waals surface area contributed by atoms with Gasteiger partial charge in [-0.3, -0.25) is 0 Å². The van der Waals surface area contributed by atoms with E-state index in [4.69, 9.17) is 16.5 Å². The van der Waals surface area contributed by atoms with Crippen LogP contribution in [-0.2, 0) is 19.2 Å². The van der Waals surface area contributed by atoms with Crippen molar-refractivity contribution in [3.8, 4) is 5.75 Å².